The molecule has 2 aromatic carbocycles. The van der Waals surface area contributed by atoms with Gasteiger partial charge >= 0.3 is 6.03 Å². The van der Waals surface area contributed by atoms with Gasteiger partial charge in [0.15, 0.2) is 5.78 Å². The first-order valence-electron chi connectivity index (χ1n) is 11.7. The van der Waals surface area contributed by atoms with Crippen LogP contribution in [0.5, 0.6) is 0 Å². The molecule has 2 aromatic rings. The van der Waals surface area contributed by atoms with Gasteiger partial charge in [-0.05, 0) is 61.1 Å². The quantitative estimate of drug-likeness (QED) is 0.638. The molecule has 2 aliphatic heterocycles. The van der Waals surface area contributed by atoms with Crippen molar-refractivity contribution in [3.05, 3.63) is 64.7 Å². The fourth-order valence-electron chi connectivity index (χ4n) is 5.06. The van der Waals surface area contributed by atoms with Crippen molar-refractivity contribution in [1.82, 2.24) is 10.2 Å². The first-order chi connectivity index (χ1) is 16.3. The predicted molar refractivity (Wildman–Crippen MR) is 126 cm³/mol. The Kier molecular flexibility index (Phi) is 7.16. The third kappa shape index (κ3) is 4.92. The zero-order valence-electron chi connectivity index (χ0n) is 19.7. The molecular formula is C26H31F2N3O3. The van der Waals surface area contributed by atoms with Crippen molar-refractivity contribution >= 4 is 17.5 Å². The van der Waals surface area contributed by atoms with Crippen LogP contribution >= 0.6 is 0 Å². The Morgan fingerprint density at radius 3 is 2.65 bits per heavy atom. The molecular weight excluding hydrogens is 440 g/mol. The second-order valence-electron chi connectivity index (χ2n) is 9.21. The molecule has 1 spiro atoms. The van der Waals surface area contributed by atoms with E-state index in [0.717, 1.165) is 17.7 Å². The van der Waals surface area contributed by atoms with Gasteiger partial charge in [0.05, 0.1) is 5.54 Å². The number of piperidine rings is 1. The van der Waals surface area contributed by atoms with Crippen LogP contribution in [0.15, 0.2) is 36.4 Å². The Labute approximate surface area is 198 Å². The Balaban J connectivity index is 1.34. The van der Waals surface area contributed by atoms with Gasteiger partial charge in [-0.15, -0.1) is 0 Å². The second kappa shape index (κ2) is 10.1. The largest absolute Gasteiger partial charge is 0.385 e. The van der Waals surface area contributed by atoms with Crippen LogP contribution in [0.1, 0.15) is 47.2 Å². The number of carbonyl (C=O) groups excluding carboxylic acids is 2. The van der Waals surface area contributed by atoms with Gasteiger partial charge in [-0.1, -0.05) is 12.1 Å². The topological polar surface area (TPSA) is 61.9 Å². The number of halogens is 2. The zero-order valence-corrected chi connectivity index (χ0v) is 19.7. The lowest BCUT2D eigenvalue weighted by molar-refractivity contribution is 0.0890. The van der Waals surface area contributed by atoms with Gasteiger partial charge in [-0.25, -0.2) is 13.6 Å². The van der Waals surface area contributed by atoms with Gasteiger partial charge in [0, 0.05) is 58.1 Å². The van der Waals surface area contributed by atoms with Crippen molar-refractivity contribution in [2.24, 2.45) is 0 Å². The number of methoxy groups -OCH3 is 1. The minimum Gasteiger partial charge on any atom is -0.385 e. The van der Waals surface area contributed by atoms with E-state index in [1.54, 1.807) is 30.2 Å². The molecule has 34 heavy (non-hydrogen) atoms. The molecule has 0 saturated carbocycles. The SMILES string of the molecule is COCCCc1cc(CNC(=O)N2CCC3(CC2)CC(=O)c2cc(F)ccc2N3C)ccc1F. The normalized spacial score (nSPS) is 17.1. The number of carbonyl (C=O) groups is 2. The van der Waals surface area contributed by atoms with E-state index in [1.165, 1.54) is 18.2 Å². The number of ether oxygens (including phenoxy) is 1. The minimum atomic E-state index is -0.411. The average Bonchev–Trinajstić information content (AvgIpc) is 2.83. The molecule has 0 aliphatic carbocycles. The first kappa shape index (κ1) is 24.1. The molecule has 0 radical (unpaired) electrons. The molecule has 2 aliphatic rings. The van der Waals surface area contributed by atoms with E-state index in [9.17, 15) is 18.4 Å². The van der Waals surface area contributed by atoms with Crippen molar-refractivity contribution in [2.75, 3.05) is 38.8 Å². The third-order valence-electron chi connectivity index (χ3n) is 7.15. The number of hydrogen-bond acceptors (Lipinski definition) is 4. The van der Waals surface area contributed by atoms with Gasteiger partial charge in [-0.3, -0.25) is 4.79 Å². The van der Waals surface area contributed by atoms with Crippen LogP contribution in [-0.2, 0) is 17.7 Å². The first-order valence-corrected chi connectivity index (χ1v) is 11.7. The molecule has 2 heterocycles. The molecule has 4 rings (SSSR count). The number of rotatable bonds is 6. The lowest BCUT2D eigenvalue weighted by Gasteiger charge is -2.50. The number of Topliss-reactive ketones (excluding diaryl/α,β-unsaturated/α-hetero) is 1. The van der Waals surface area contributed by atoms with Crippen molar-refractivity contribution < 1.29 is 23.1 Å². The number of anilines is 1. The van der Waals surface area contributed by atoms with E-state index < -0.39 is 5.82 Å². The van der Waals surface area contributed by atoms with Crippen LogP contribution in [-0.4, -0.2) is 56.1 Å². The fourth-order valence-corrected chi connectivity index (χ4v) is 5.06. The van der Waals surface area contributed by atoms with Crippen molar-refractivity contribution in [3.63, 3.8) is 0 Å². The van der Waals surface area contributed by atoms with E-state index in [1.807, 2.05) is 7.05 Å². The van der Waals surface area contributed by atoms with Crippen LogP contribution in [0.4, 0.5) is 19.3 Å². The molecule has 1 N–H and O–H groups in total. The maximum Gasteiger partial charge on any atom is 0.317 e. The average molecular weight is 472 g/mol. The maximum absolute atomic E-state index is 14.0. The van der Waals surface area contributed by atoms with Crippen LogP contribution in [0.3, 0.4) is 0 Å². The number of urea groups is 1. The van der Waals surface area contributed by atoms with Gasteiger partial charge in [0.25, 0.3) is 0 Å². The molecule has 0 bridgehead atoms. The van der Waals surface area contributed by atoms with Gasteiger partial charge in [0.1, 0.15) is 11.6 Å². The number of fused-ring (bicyclic) bond motifs is 1. The number of nitrogens with one attached hydrogen (secondary N) is 1. The number of hydrogen-bond donors (Lipinski definition) is 1. The van der Waals surface area contributed by atoms with Crippen LogP contribution in [0.25, 0.3) is 0 Å². The molecule has 2 amide bonds. The van der Waals surface area contributed by atoms with Crippen molar-refractivity contribution in [2.45, 2.75) is 44.2 Å². The second-order valence-corrected chi connectivity index (χ2v) is 9.21. The summed E-state index contributed by atoms with van der Waals surface area (Å²) in [6.07, 6.45) is 2.93. The Morgan fingerprint density at radius 2 is 1.91 bits per heavy atom. The number of aryl methyl sites for hydroxylation is 1. The summed E-state index contributed by atoms with van der Waals surface area (Å²) in [7, 11) is 3.56. The number of likely N-dealkylation sites (tertiary alicyclic amines) is 1. The van der Waals surface area contributed by atoms with E-state index in [4.69, 9.17) is 4.74 Å². The van der Waals surface area contributed by atoms with E-state index in [0.29, 0.717) is 63.1 Å². The van der Waals surface area contributed by atoms with Crippen LogP contribution in [0, 0.1) is 11.6 Å². The number of amides is 2. The summed E-state index contributed by atoms with van der Waals surface area (Å²) in [4.78, 5) is 29.4. The minimum absolute atomic E-state index is 0.0527. The number of ketones is 1. The van der Waals surface area contributed by atoms with Crippen LogP contribution < -0.4 is 10.2 Å². The number of benzene rings is 2. The lowest BCUT2D eigenvalue weighted by atomic mass is 9.77. The summed E-state index contributed by atoms with van der Waals surface area (Å²) in [5, 5.41) is 2.93. The Hall–Kier alpha value is -3.00. The monoisotopic (exact) mass is 471 g/mol. The number of nitrogens with zero attached hydrogens (tertiary/aromatic N) is 2. The Morgan fingerprint density at radius 1 is 1.15 bits per heavy atom. The van der Waals surface area contributed by atoms with Crippen molar-refractivity contribution in [3.8, 4) is 0 Å². The maximum atomic E-state index is 14.0. The van der Waals surface area contributed by atoms with Gasteiger partial charge in [0.2, 0.25) is 0 Å². The van der Waals surface area contributed by atoms with E-state index in [-0.39, 0.29) is 23.2 Å². The Bertz CT molecular complexity index is 1070. The zero-order chi connectivity index (χ0) is 24.3. The third-order valence-corrected chi connectivity index (χ3v) is 7.15. The highest BCUT2D eigenvalue weighted by Gasteiger charge is 2.45. The molecule has 182 valence electrons. The summed E-state index contributed by atoms with van der Waals surface area (Å²) in [6, 6.07) is 9.09. The molecule has 1 saturated heterocycles. The van der Waals surface area contributed by atoms with E-state index >= 15 is 0 Å². The lowest BCUT2D eigenvalue weighted by Crippen LogP contribution is -2.59. The van der Waals surface area contributed by atoms with E-state index in [2.05, 4.69) is 10.2 Å². The molecule has 6 nitrogen and oxygen atoms in total. The van der Waals surface area contributed by atoms with Gasteiger partial charge < -0.3 is 19.9 Å². The molecule has 0 aromatic heterocycles. The fraction of sp³-hybridized carbons (Fsp3) is 0.462. The predicted octanol–water partition coefficient (Wildman–Crippen LogP) is 4.31. The smallest absolute Gasteiger partial charge is 0.317 e. The summed E-state index contributed by atoms with van der Waals surface area (Å²) >= 11 is 0. The highest BCUT2D eigenvalue weighted by molar-refractivity contribution is 6.04. The summed E-state index contributed by atoms with van der Waals surface area (Å²) in [5.41, 5.74) is 2.26. The standard InChI is InChI=1S/C26H31F2N3O3/c1-30-23-8-6-20(27)15-21(23)24(32)16-26(30)9-11-31(12-10-26)25(33)29-17-18-5-7-22(28)19(14-18)4-3-13-34-2/h5-8,14-15H,3-4,9-13,16-17H2,1-2H3,(H,29,33). The summed E-state index contributed by atoms with van der Waals surface area (Å²) in [6.45, 7) is 1.92. The van der Waals surface area contributed by atoms with Crippen LogP contribution in [0.2, 0.25) is 0 Å². The highest BCUT2D eigenvalue weighted by Crippen LogP contribution is 2.41. The van der Waals surface area contributed by atoms with Crippen molar-refractivity contribution in [1.29, 1.82) is 0 Å². The van der Waals surface area contributed by atoms with Gasteiger partial charge in [-0.2, -0.15) is 0 Å². The highest BCUT2D eigenvalue weighted by atomic mass is 19.1. The molecule has 1 fully saturated rings. The summed E-state index contributed by atoms with van der Waals surface area (Å²) < 4.78 is 32.7. The summed E-state index contributed by atoms with van der Waals surface area (Å²) in [5.74, 6) is -0.711. The molecule has 0 unspecified atom stereocenters. The molecule has 8 heteroatoms. The molecule has 0 atom stereocenters.